The van der Waals surface area contributed by atoms with E-state index >= 15 is 0 Å². The largest absolute Gasteiger partial charge is 0.138 e. The summed E-state index contributed by atoms with van der Waals surface area (Å²) in [5.41, 5.74) is 0. The van der Waals surface area contributed by atoms with E-state index in [4.69, 9.17) is 0 Å². The van der Waals surface area contributed by atoms with Crippen LogP contribution < -0.4 is 0 Å². The van der Waals surface area contributed by atoms with Gasteiger partial charge in [0.1, 0.15) is 0 Å². The number of unbranched alkanes of at least 4 members (excludes halogenated alkanes) is 3. The number of rotatable bonds is 8. The Labute approximate surface area is 80.7 Å². The standard InChI is InChI=1S/C11H25P/c1-3-4-8-11(2)9-6-5-7-10-12/h11H,3-10,12H2,1-2H3. The minimum Gasteiger partial charge on any atom is -0.138 e. The summed E-state index contributed by atoms with van der Waals surface area (Å²) in [7, 11) is 2.80. The molecular weight excluding hydrogens is 163 g/mol. The number of hydrogen-bond acceptors (Lipinski definition) is 0. The first-order valence-electron chi connectivity index (χ1n) is 5.51. The maximum atomic E-state index is 2.80. The van der Waals surface area contributed by atoms with Gasteiger partial charge in [0.2, 0.25) is 0 Å². The molecule has 0 spiro atoms. The molecule has 0 saturated heterocycles. The Balaban J connectivity index is 3.02. The molecule has 0 aromatic heterocycles. The topological polar surface area (TPSA) is 0 Å². The van der Waals surface area contributed by atoms with Crippen molar-refractivity contribution >= 4 is 9.24 Å². The van der Waals surface area contributed by atoms with Crippen molar-refractivity contribution in [2.24, 2.45) is 5.92 Å². The van der Waals surface area contributed by atoms with Crippen LogP contribution in [-0.4, -0.2) is 6.16 Å². The van der Waals surface area contributed by atoms with Gasteiger partial charge in [-0.05, 0) is 18.5 Å². The highest BCUT2D eigenvalue weighted by Crippen LogP contribution is 2.15. The fraction of sp³-hybridized carbons (Fsp3) is 1.00. The summed E-state index contributed by atoms with van der Waals surface area (Å²) >= 11 is 0. The van der Waals surface area contributed by atoms with Crippen LogP contribution in [-0.2, 0) is 0 Å². The van der Waals surface area contributed by atoms with E-state index in [1.54, 1.807) is 0 Å². The second-order valence-electron chi connectivity index (χ2n) is 3.89. The first kappa shape index (κ1) is 12.4. The first-order chi connectivity index (χ1) is 5.81. The lowest BCUT2D eigenvalue weighted by atomic mass is 9.98. The molecule has 0 aliphatic heterocycles. The highest BCUT2D eigenvalue weighted by Gasteiger charge is 2.00. The van der Waals surface area contributed by atoms with Crippen molar-refractivity contribution in [2.45, 2.75) is 58.8 Å². The summed E-state index contributed by atoms with van der Waals surface area (Å²) in [6.07, 6.45) is 11.2. The van der Waals surface area contributed by atoms with Crippen molar-refractivity contribution in [1.29, 1.82) is 0 Å². The molecule has 0 fully saturated rings. The molecule has 0 rings (SSSR count). The normalized spacial score (nSPS) is 13.2. The molecule has 1 heteroatoms. The highest BCUT2D eigenvalue weighted by atomic mass is 31.0. The van der Waals surface area contributed by atoms with Gasteiger partial charge in [-0.1, -0.05) is 52.4 Å². The predicted octanol–water partition coefficient (Wildman–Crippen LogP) is 4.25. The van der Waals surface area contributed by atoms with E-state index in [2.05, 4.69) is 23.1 Å². The van der Waals surface area contributed by atoms with Gasteiger partial charge in [0.25, 0.3) is 0 Å². The zero-order chi connectivity index (χ0) is 9.23. The summed E-state index contributed by atoms with van der Waals surface area (Å²) in [5.74, 6) is 0.967. The maximum absolute atomic E-state index is 2.80. The van der Waals surface area contributed by atoms with Crippen molar-refractivity contribution < 1.29 is 0 Å². The maximum Gasteiger partial charge on any atom is -0.0381 e. The molecule has 2 unspecified atom stereocenters. The second-order valence-corrected chi connectivity index (χ2v) is 4.46. The molecule has 0 saturated carbocycles. The molecule has 0 bridgehead atoms. The van der Waals surface area contributed by atoms with Crippen LogP contribution in [0.2, 0.25) is 0 Å². The summed E-state index contributed by atoms with van der Waals surface area (Å²) in [6, 6.07) is 0. The third-order valence-corrected chi connectivity index (χ3v) is 2.86. The molecule has 0 heterocycles. The molecular formula is C11H25P. The Bertz CT molecular complexity index is 81.1. The van der Waals surface area contributed by atoms with E-state index in [0.29, 0.717) is 0 Å². The molecule has 0 aliphatic carbocycles. The van der Waals surface area contributed by atoms with Crippen LogP contribution in [0.3, 0.4) is 0 Å². The fourth-order valence-electron chi connectivity index (χ4n) is 1.51. The Hall–Kier alpha value is 0.430. The van der Waals surface area contributed by atoms with Gasteiger partial charge in [0.05, 0.1) is 0 Å². The van der Waals surface area contributed by atoms with Crippen molar-refractivity contribution in [3.63, 3.8) is 0 Å². The quantitative estimate of drug-likeness (QED) is 0.394. The zero-order valence-corrected chi connectivity index (χ0v) is 9.97. The highest BCUT2D eigenvalue weighted by molar-refractivity contribution is 7.16. The van der Waals surface area contributed by atoms with Crippen molar-refractivity contribution in [1.82, 2.24) is 0 Å². The summed E-state index contributed by atoms with van der Waals surface area (Å²) in [5, 5.41) is 0. The van der Waals surface area contributed by atoms with E-state index in [-0.39, 0.29) is 0 Å². The summed E-state index contributed by atoms with van der Waals surface area (Å²) in [4.78, 5) is 0. The van der Waals surface area contributed by atoms with Gasteiger partial charge in [-0.3, -0.25) is 0 Å². The van der Waals surface area contributed by atoms with Gasteiger partial charge in [-0.2, -0.15) is 0 Å². The van der Waals surface area contributed by atoms with Gasteiger partial charge in [-0.15, -0.1) is 9.24 Å². The van der Waals surface area contributed by atoms with Crippen molar-refractivity contribution in [3.8, 4) is 0 Å². The fourth-order valence-corrected chi connectivity index (χ4v) is 1.80. The molecule has 0 aromatic rings. The SMILES string of the molecule is CCCCC(C)CCCCCP. The van der Waals surface area contributed by atoms with Gasteiger partial charge in [0, 0.05) is 0 Å². The molecule has 0 aromatic carbocycles. The van der Waals surface area contributed by atoms with Crippen LogP contribution in [0.1, 0.15) is 58.8 Å². The van der Waals surface area contributed by atoms with E-state index in [9.17, 15) is 0 Å². The van der Waals surface area contributed by atoms with Crippen LogP contribution in [0.25, 0.3) is 0 Å². The van der Waals surface area contributed by atoms with E-state index in [1.165, 1.54) is 51.1 Å². The molecule has 0 aliphatic rings. The molecule has 2 atom stereocenters. The lowest BCUT2D eigenvalue weighted by Crippen LogP contribution is -1.94. The van der Waals surface area contributed by atoms with E-state index in [1.807, 2.05) is 0 Å². The van der Waals surface area contributed by atoms with Crippen LogP contribution in [0.5, 0.6) is 0 Å². The van der Waals surface area contributed by atoms with Crippen molar-refractivity contribution in [2.75, 3.05) is 6.16 Å². The van der Waals surface area contributed by atoms with Crippen LogP contribution in [0.4, 0.5) is 0 Å². The Morgan fingerprint density at radius 3 is 2.25 bits per heavy atom. The average Bonchev–Trinajstić information content (AvgIpc) is 2.09. The third kappa shape index (κ3) is 8.53. The zero-order valence-electron chi connectivity index (χ0n) is 8.81. The third-order valence-electron chi connectivity index (χ3n) is 2.45. The predicted molar refractivity (Wildman–Crippen MR) is 61.7 cm³/mol. The summed E-state index contributed by atoms with van der Waals surface area (Å²) < 4.78 is 0. The minimum atomic E-state index is 0.967. The second kappa shape index (κ2) is 9.52. The lowest BCUT2D eigenvalue weighted by Gasteiger charge is -2.09. The molecule has 0 radical (unpaired) electrons. The molecule has 74 valence electrons. The molecule has 0 amide bonds. The van der Waals surface area contributed by atoms with Gasteiger partial charge >= 0.3 is 0 Å². The Kier molecular flexibility index (Phi) is 9.86. The monoisotopic (exact) mass is 188 g/mol. The average molecular weight is 188 g/mol. The van der Waals surface area contributed by atoms with Crippen LogP contribution >= 0.6 is 9.24 Å². The smallest absolute Gasteiger partial charge is 0.0381 e. The van der Waals surface area contributed by atoms with Crippen molar-refractivity contribution in [3.05, 3.63) is 0 Å². The Morgan fingerprint density at radius 1 is 1.00 bits per heavy atom. The van der Waals surface area contributed by atoms with Gasteiger partial charge < -0.3 is 0 Å². The van der Waals surface area contributed by atoms with Gasteiger partial charge in [-0.25, -0.2) is 0 Å². The lowest BCUT2D eigenvalue weighted by molar-refractivity contribution is 0.448. The molecule has 0 N–H and O–H groups in total. The molecule has 0 nitrogen and oxygen atoms in total. The van der Waals surface area contributed by atoms with Crippen LogP contribution in [0.15, 0.2) is 0 Å². The Morgan fingerprint density at radius 2 is 1.67 bits per heavy atom. The summed E-state index contributed by atoms with van der Waals surface area (Å²) in [6.45, 7) is 4.68. The number of hydrogen-bond donors (Lipinski definition) is 0. The van der Waals surface area contributed by atoms with Crippen LogP contribution in [0, 0.1) is 5.92 Å². The van der Waals surface area contributed by atoms with E-state index in [0.717, 1.165) is 5.92 Å². The first-order valence-corrected chi connectivity index (χ1v) is 6.33. The van der Waals surface area contributed by atoms with E-state index < -0.39 is 0 Å². The molecule has 12 heavy (non-hydrogen) atoms. The minimum absolute atomic E-state index is 0.967. The van der Waals surface area contributed by atoms with Gasteiger partial charge in [0.15, 0.2) is 0 Å².